The van der Waals surface area contributed by atoms with Gasteiger partial charge in [-0.1, -0.05) is 74.2 Å². The van der Waals surface area contributed by atoms with Crippen LogP contribution in [0.15, 0.2) is 72.4 Å². The van der Waals surface area contributed by atoms with Crippen molar-refractivity contribution in [1.29, 1.82) is 0 Å². The summed E-state index contributed by atoms with van der Waals surface area (Å²) in [7, 11) is 0. The van der Waals surface area contributed by atoms with Gasteiger partial charge in [-0.05, 0) is 11.1 Å². The van der Waals surface area contributed by atoms with Gasteiger partial charge < -0.3 is 0 Å². The molecule has 0 saturated heterocycles. The molecule has 1 rings (SSSR count). The van der Waals surface area contributed by atoms with Gasteiger partial charge in [0.1, 0.15) is 0 Å². The summed E-state index contributed by atoms with van der Waals surface area (Å²) in [5.41, 5.74) is 3.52. The topological polar surface area (TPSA) is 0 Å². The highest BCUT2D eigenvalue weighted by molar-refractivity contribution is 7.79. The summed E-state index contributed by atoms with van der Waals surface area (Å²) < 4.78 is 0. The second-order valence-electron chi connectivity index (χ2n) is 3.05. The molecule has 78 valence electrons. The molecule has 0 unspecified atom stereocenters. The first-order chi connectivity index (χ1) is 7.76. The first-order valence-corrected chi connectivity index (χ1v) is 5.25. The summed E-state index contributed by atoms with van der Waals surface area (Å²) in [5.74, 6) is 6.03. The molecule has 0 N–H and O–H groups in total. The van der Waals surface area contributed by atoms with Crippen molar-refractivity contribution in [2.75, 3.05) is 0 Å². The van der Waals surface area contributed by atoms with Gasteiger partial charge in [-0.25, -0.2) is 0 Å². The molecule has 0 aromatic carbocycles. The fraction of sp³-hybridized carbons (Fsp3) is 0. The third-order valence-corrected chi connectivity index (χ3v) is 2.39. The van der Waals surface area contributed by atoms with E-state index in [0.29, 0.717) is 0 Å². The van der Waals surface area contributed by atoms with Gasteiger partial charge >= 0.3 is 0 Å². The van der Waals surface area contributed by atoms with E-state index in [4.69, 9.17) is 12.2 Å². The SMILES string of the molecule is C=C/C1=C(C=C)/C=C\C(C=C)=C(\C=S)C#C1. The third kappa shape index (κ3) is 2.56. The summed E-state index contributed by atoms with van der Waals surface area (Å²) in [5, 5.41) is 1.56. The first-order valence-electron chi connectivity index (χ1n) is 4.78. The Labute approximate surface area is 102 Å². The Morgan fingerprint density at radius 1 is 0.875 bits per heavy atom. The minimum Gasteiger partial charge on any atom is -0.0984 e. The Morgan fingerprint density at radius 2 is 1.38 bits per heavy atom. The van der Waals surface area contributed by atoms with Crippen LogP contribution >= 0.6 is 12.2 Å². The summed E-state index contributed by atoms with van der Waals surface area (Å²) in [6, 6.07) is 0. The van der Waals surface area contributed by atoms with Gasteiger partial charge in [0.15, 0.2) is 0 Å². The van der Waals surface area contributed by atoms with Crippen molar-refractivity contribution in [2.45, 2.75) is 0 Å². The van der Waals surface area contributed by atoms with E-state index >= 15 is 0 Å². The number of thiocarbonyl (C=S) groups is 1. The van der Waals surface area contributed by atoms with Crippen LogP contribution in [0.25, 0.3) is 0 Å². The van der Waals surface area contributed by atoms with E-state index in [9.17, 15) is 0 Å². The average Bonchev–Trinajstić information content (AvgIpc) is 2.30. The maximum absolute atomic E-state index is 4.92. The van der Waals surface area contributed by atoms with Crippen molar-refractivity contribution in [3.63, 3.8) is 0 Å². The Balaban J connectivity index is 3.42. The molecule has 0 aromatic rings. The summed E-state index contributed by atoms with van der Waals surface area (Å²) >= 11 is 4.92. The van der Waals surface area contributed by atoms with Crippen LogP contribution in [0.1, 0.15) is 0 Å². The molecule has 0 heterocycles. The van der Waals surface area contributed by atoms with E-state index in [2.05, 4.69) is 31.6 Å². The molecular weight excluding hydrogens is 212 g/mol. The molecule has 0 amide bonds. The molecule has 0 aromatic heterocycles. The Morgan fingerprint density at radius 3 is 1.81 bits per heavy atom. The lowest BCUT2D eigenvalue weighted by Gasteiger charge is -2.03. The molecule has 1 aliphatic rings. The molecule has 0 atom stereocenters. The largest absolute Gasteiger partial charge is 0.0984 e. The number of hydrogen-bond donors (Lipinski definition) is 0. The van der Waals surface area contributed by atoms with Crippen LogP contribution < -0.4 is 0 Å². The van der Waals surface area contributed by atoms with E-state index in [1.54, 1.807) is 23.6 Å². The zero-order valence-electron chi connectivity index (χ0n) is 8.99. The number of rotatable bonds is 4. The van der Waals surface area contributed by atoms with Crippen LogP contribution in [0.4, 0.5) is 0 Å². The zero-order valence-corrected chi connectivity index (χ0v) is 9.81. The normalized spacial score (nSPS) is 25.5. The third-order valence-electron chi connectivity index (χ3n) is 2.16. The van der Waals surface area contributed by atoms with Crippen LogP contribution in [0.2, 0.25) is 0 Å². The molecule has 0 fully saturated rings. The van der Waals surface area contributed by atoms with E-state index in [-0.39, 0.29) is 0 Å². The lowest BCUT2D eigenvalue weighted by molar-refractivity contribution is 1.56. The van der Waals surface area contributed by atoms with E-state index in [1.807, 2.05) is 12.2 Å². The van der Waals surface area contributed by atoms with Crippen molar-refractivity contribution in [3.8, 4) is 11.8 Å². The van der Waals surface area contributed by atoms with Crippen LogP contribution in [0.3, 0.4) is 0 Å². The molecular formula is C15H12S. The monoisotopic (exact) mass is 224 g/mol. The van der Waals surface area contributed by atoms with Crippen LogP contribution in [-0.4, -0.2) is 5.37 Å². The Hall–Kier alpha value is -1.91. The Kier molecular flexibility index (Phi) is 4.44. The predicted molar refractivity (Wildman–Crippen MR) is 75.2 cm³/mol. The predicted octanol–water partition coefficient (Wildman–Crippen LogP) is 3.71. The van der Waals surface area contributed by atoms with Gasteiger partial charge in [0, 0.05) is 16.5 Å². The van der Waals surface area contributed by atoms with Crippen molar-refractivity contribution < 1.29 is 0 Å². The molecule has 0 bridgehead atoms. The van der Waals surface area contributed by atoms with Gasteiger partial charge in [0.2, 0.25) is 0 Å². The molecule has 0 saturated carbocycles. The highest BCUT2D eigenvalue weighted by Crippen LogP contribution is 2.15. The van der Waals surface area contributed by atoms with Gasteiger partial charge in [-0.3, -0.25) is 0 Å². The fourth-order valence-corrected chi connectivity index (χ4v) is 1.46. The molecule has 0 nitrogen and oxygen atoms in total. The standard InChI is InChI=1S/C15H12S/c1-4-12-7-8-14(6-3)15(11-16)10-9-13(12)5-2/h4-8,11H,1-3H2/b8-7-,12-7?,13-12-,14-8?,15-14+. The molecule has 0 aliphatic heterocycles. The van der Waals surface area contributed by atoms with Gasteiger partial charge in [0.05, 0.1) is 0 Å². The van der Waals surface area contributed by atoms with Gasteiger partial charge in [-0.15, -0.1) is 0 Å². The molecule has 0 spiro atoms. The summed E-state index contributed by atoms with van der Waals surface area (Å²) in [6.45, 7) is 11.2. The smallest absolute Gasteiger partial charge is 0.0428 e. The van der Waals surface area contributed by atoms with Crippen molar-refractivity contribution in [2.24, 2.45) is 0 Å². The summed E-state index contributed by atoms with van der Waals surface area (Å²) in [4.78, 5) is 0. The first kappa shape index (κ1) is 12.2. The highest BCUT2D eigenvalue weighted by Gasteiger charge is 2.00. The lowest BCUT2D eigenvalue weighted by atomic mass is 10.0. The summed E-state index contributed by atoms with van der Waals surface area (Å²) in [6.07, 6.45) is 9.08. The maximum atomic E-state index is 4.92. The van der Waals surface area contributed by atoms with Crippen molar-refractivity contribution in [3.05, 3.63) is 72.4 Å². The second-order valence-corrected chi connectivity index (χ2v) is 3.29. The quantitative estimate of drug-likeness (QED) is 0.518. The van der Waals surface area contributed by atoms with Crippen molar-refractivity contribution >= 4 is 17.6 Å². The number of allylic oxidation sites excluding steroid dienone is 9. The van der Waals surface area contributed by atoms with E-state index in [0.717, 1.165) is 22.3 Å². The van der Waals surface area contributed by atoms with Gasteiger partial charge in [0.25, 0.3) is 0 Å². The van der Waals surface area contributed by atoms with Crippen LogP contribution in [0, 0.1) is 11.8 Å². The molecule has 1 heteroatoms. The average molecular weight is 224 g/mol. The zero-order chi connectivity index (χ0) is 12.0. The molecule has 16 heavy (non-hydrogen) atoms. The van der Waals surface area contributed by atoms with Crippen LogP contribution in [-0.2, 0) is 0 Å². The van der Waals surface area contributed by atoms with Crippen molar-refractivity contribution in [1.82, 2.24) is 0 Å². The molecule has 0 radical (unpaired) electrons. The molecule has 1 aliphatic carbocycles. The lowest BCUT2D eigenvalue weighted by Crippen LogP contribution is -1.90. The van der Waals surface area contributed by atoms with E-state index < -0.39 is 0 Å². The van der Waals surface area contributed by atoms with Crippen LogP contribution in [0.5, 0.6) is 0 Å². The minimum atomic E-state index is 0.795. The maximum Gasteiger partial charge on any atom is 0.0428 e. The van der Waals surface area contributed by atoms with E-state index in [1.165, 1.54) is 0 Å². The Bertz CT molecular complexity index is 455. The fourth-order valence-electron chi connectivity index (χ4n) is 1.26. The van der Waals surface area contributed by atoms with Gasteiger partial charge in [-0.2, -0.15) is 0 Å². The second kappa shape index (κ2) is 5.85. The minimum absolute atomic E-state index is 0.795. The number of hydrogen-bond acceptors (Lipinski definition) is 1. The highest BCUT2D eigenvalue weighted by atomic mass is 32.1.